The van der Waals surface area contributed by atoms with Crippen LogP contribution in [0.4, 0.5) is 4.39 Å². The molecule has 1 unspecified atom stereocenters. The molecule has 1 atom stereocenters. The highest BCUT2D eigenvalue weighted by atomic mass is 19.1. The van der Waals surface area contributed by atoms with Gasteiger partial charge in [-0.05, 0) is 26.0 Å². The molecule has 2 N–H and O–H groups in total. The van der Waals surface area contributed by atoms with Crippen molar-refractivity contribution in [3.63, 3.8) is 0 Å². The molecule has 0 aliphatic carbocycles. The summed E-state index contributed by atoms with van der Waals surface area (Å²) in [7, 11) is 0. The van der Waals surface area contributed by atoms with E-state index in [2.05, 4.69) is 0 Å². The molecule has 3 heteroatoms. The van der Waals surface area contributed by atoms with E-state index >= 15 is 0 Å². The third kappa shape index (κ3) is 1.83. The van der Waals surface area contributed by atoms with E-state index in [0.29, 0.717) is 5.52 Å². The first-order valence-corrected chi connectivity index (χ1v) is 5.65. The summed E-state index contributed by atoms with van der Waals surface area (Å²) in [5.74, 6) is -0.157. The van der Waals surface area contributed by atoms with Gasteiger partial charge in [-0.3, -0.25) is 0 Å². The lowest BCUT2D eigenvalue weighted by molar-refractivity contribution is 0.615. The lowest BCUT2D eigenvalue weighted by atomic mass is 10.2. The normalized spacial score (nSPS) is 13.2. The predicted octanol–water partition coefficient (Wildman–Crippen LogP) is 2.69. The van der Waals surface area contributed by atoms with Crippen molar-refractivity contribution in [2.24, 2.45) is 5.73 Å². The number of fused-ring (bicyclic) bond motifs is 1. The number of benzene rings is 1. The van der Waals surface area contributed by atoms with E-state index in [1.807, 2.05) is 30.5 Å². The lowest BCUT2D eigenvalue weighted by Gasteiger charge is -2.10. The van der Waals surface area contributed by atoms with Crippen LogP contribution in [0, 0.1) is 5.82 Å². The van der Waals surface area contributed by atoms with Gasteiger partial charge in [0.05, 0.1) is 5.52 Å². The molecule has 0 aliphatic heterocycles. The summed E-state index contributed by atoms with van der Waals surface area (Å²) < 4.78 is 15.7. The number of aryl methyl sites for hydroxylation is 1. The van der Waals surface area contributed by atoms with Crippen LogP contribution in [-0.4, -0.2) is 10.6 Å². The predicted molar refractivity (Wildman–Crippen MR) is 64.9 cm³/mol. The molecule has 0 radical (unpaired) electrons. The summed E-state index contributed by atoms with van der Waals surface area (Å²) in [6.07, 6.45) is 0.780. The molecule has 1 aromatic heterocycles. The van der Waals surface area contributed by atoms with E-state index in [-0.39, 0.29) is 11.9 Å². The van der Waals surface area contributed by atoms with Gasteiger partial charge in [-0.1, -0.05) is 12.1 Å². The Kier molecular flexibility index (Phi) is 2.97. The summed E-state index contributed by atoms with van der Waals surface area (Å²) in [5, 5.41) is 0.956. The quantitative estimate of drug-likeness (QED) is 0.847. The molecule has 1 heterocycles. The molecule has 0 saturated carbocycles. The fraction of sp³-hybridized carbons (Fsp3) is 0.385. The van der Waals surface area contributed by atoms with Crippen molar-refractivity contribution >= 4 is 10.9 Å². The Morgan fingerprint density at radius 3 is 2.81 bits per heavy atom. The van der Waals surface area contributed by atoms with Crippen LogP contribution in [0.1, 0.15) is 19.5 Å². The fourth-order valence-electron chi connectivity index (χ4n) is 2.19. The Bertz CT molecular complexity index is 500. The van der Waals surface area contributed by atoms with E-state index in [1.54, 1.807) is 6.07 Å². The Hall–Kier alpha value is -1.35. The first-order valence-electron chi connectivity index (χ1n) is 5.65. The smallest absolute Gasteiger partial charge is 0.147 e. The molecule has 2 nitrogen and oxygen atoms in total. The zero-order chi connectivity index (χ0) is 11.7. The number of para-hydroxylation sites is 1. The molecule has 0 aliphatic rings. The number of halogens is 1. The van der Waals surface area contributed by atoms with Gasteiger partial charge < -0.3 is 10.3 Å². The first-order chi connectivity index (χ1) is 7.63. The molecule has 16 heavy (non-hydrogen) atoms. The maximum Gasteiger partial charge on any atom is 0.147 e. The second-order valence-electron chi connectivity index (χ2n) is 4.24. The van der Waals surface area contributed by atoms with Gasteiger partial charge in [-0.25, -0.2) is 4.39 Å². The van der Waals surface area contributed by atoms with Crippen molar-refractivity contribution in [1.82, 2.24) is 4.57 Å². The molecule has 0 amide bonds. The first kappa shape index (κ1) is 11.1. The summed E-state index contributed by atoms with van der Waals surface area (Å²) in [6.45, 7) is 4.76. The minimum absolute atomic E-state index is 0.0951. The molecule has 0 fully saturated rings. The fourth-order valence-corrected chi connectivity index (χ4v) is 2.19. The van der Waals surface area contributed by atoms with Crippen LogP contribution < -0.4 is 5.73 Å². The van der Waals surface area contributed by atoms with Crippen molar-refractivity contribution in [3.8, 4) is 0 Å². The number of hydrogen-bond donors (Lipinski definition) is 1. The Morgan fingerprint density at radius 2 is 2.19 bits per heavy atom. The minimum atomic E-state index is -0.157. The summed E-state index contributed by atoms with van der Waals surface area (Å²) >= 11 is 0. The third-order valence-corrected chi connectivity index (χ3v) is 2.80. The van der Waals surface area contributed by atoms with Gasteiger partial charge in [0.25, 0.3) is 0 Å². The van der Waals surface area contributed by atoms with E-state index in [4.69, 9.17) is 5.73 Å². The van der Waals surface area contributed by atoms with Gasteiger partial charge in [-0.15, -0.1) is 0 Å². The number of aromatic nitrogens is 1. The summed E-state index contributed by atoms with van der Waals surface area (Å²) in [4.78, 5) is 0. The molecule has 0 spiro atoms. The van der Waals surface area contributed by atoms with Crippen LogP contribution in [0.3, 0.4) is 0 Å². The van der Waals surface area contributed by atoms with Gasteiger partial charge in [0.15, 0.2) is 0 Å². The topological polar surface area (TPSA) is 30.9 Å². The van der Waals surface area contributed by atoms with Gasteiger partial charge in [0, 0.05) is 30.1 Å². The second-order valence-corrected chi connectivity index (χ2v) is 4.24. The largest absolute Gasteiger partial charge is 0.342 e. The van der Waals surface area contributed by atoms with Gasteiger partial charge >= 0.3 is 0 Å². The number of hydrogen-bond acceptors (Lipinski definition) is 1. The van der Waals surface area contributed by atoms with E-state index in [0.717, 1.165) is 24.0 Å². The molecule has 0 bridgehead atoms. The molecule has 86 valence electrons. The molecule has 2 aromatic rings. The minimum Gasteiger partial charge on any atom is -0.342 e. The summed E-state index contributed by atoms with van der Waals surface area (Å²) in [5.41, 5.74) is 7.60. The van der Waals surface area contributed by atoms with Crippen molar-refractivity contribution < 1.29 is 4.39 Å². The van der Waals surface area contributed by atoms with E-state index in [9.17, 15) is 4.39 Å². The van der Waals surface area contributed by atoms with Crippen molar-refractivity contribution in [1.29, 1.82) is 0 Å². The Balaban J connectivity index is 2.62. The molecular weight excluding hydrogens is 203 g/mol. The summed E-state index contributed by atoms with van der Waals surface area (Å²) in [6, 6.07) is 7.32. The number of nitrogens with zero attached hydrogens (tertiary/aromatic N) is 1. The van der Waals surface area contributed by atoms with Gasteiger partial charge in [0.2, 0.25) is 0 Å². The SMILES string of the molecule is CCn1c(CC(C)N)cc2cccc(F)c21. The maximum absolute atomic E-state index is 13.7. The average molecular weight is 220 g/mol. The van der Waals surface area contributed by atoms with Crippen LogP contribution in [-0.2, 0) is 13.0 Å². The number of nitrogens with two attached hydrogens (primary N) is 1. The Morgan fingerprint density at radius 1 is 1.44 bits per heavy atom. The monoisotopic (exact) mass is 220 g/mol. The van der Waals surface area contributed by atoms with E-state index < -0.39 is 0 Å². The lowest BCUT2D eigenvalue weighted by Crippen LogP contribution is -2.19. The van der Waals surface area contributed by atoms with E-state index in [1.165, 1.54) is 6.07 Å². The molecular formula is C13H17FN2. The molecule has 0 saturated heterocycles. The Labute approximate surface area is 94.9 Å². The molecule has 1 aromatic carbocycles. The highest BCUT2D eigenvalue weighted by molar-refractivity contribution is 5.82. The van der Waals surface area contributed by atoms with Crippen LogP contribution in [0.25, 0.3) is 10.9 Å². The highest BCUT2D eigenvalue weighted by Gasteiger charge is 2.11. The van der Waals surface area contributed by atoms with Crippen LogP contribution in [0.15, 0.2) is 24.3 Å². The van der Waals surface area contributed by atoms with Crippen molar-refractivity contribution in [3.05, 3.63) is 35.8 Å². The second kappa shape index (κ2) is 4.26. The zero-order valence-electron chi connectivity index (χ0n) is 9.70. The average Bonchev–Trinajstić information content (AvgIpc) is 2.55. The van der Waals surface area contributed by atoms with Gasteiger partial charge in [0.1, 0.15) is 5.82 Å². The molecule has 2 rings (SSSR count). The van der Waals surface area contributed by atoms with Crippen molar-refractivity contribution in [2.45, 2.75) is 32.9 Å². The third-order valence-electron chi connectivity index (χ3n) is 2.80. The maximum atomic E-state index is 13.7. The standard InChI is InChI=1S/C13H17FN2/c1-3-16-11(7-9(2)15)8-10-5-4-6-12(14)13(10)16/h4-6,8-9H,3,7,15H2,1-2H3. The van der Waals surface area contributed by atoms with Crippen LogP contribution in [0.2, 0.25) is 0 Å². The van der Waals surface area contributed by atoms with Gasteiger partial charge in [-0.2, -0.15) is 0 Å². The van der Waals surface area contributed by atoms with Crippen molar-refractivity contribution in [2.75, 3.05) is 0 Å². The van der Waals surface area contributed by atoms with Crippen LogP contribution in [0.5, 0.6) is 0 Å². The zero-order valence-corrected chi connectivity index (χ0v) is 9.70. The van der Waals surface area contributed by atoms with Crippen LogP contribution >= 0.6 is 0 Å². The highest BCUT2D eigenvalue weighted by Crippen LogP contribution is 2.23. The number of rotatable bonds is 3.